The van der Waals surface area contributed by atoms with E-state index in [1.54, 1.807) is 6.26 Å². The Bertz CT molecular complexity index is 134. The average molecular weight is 141 g/mol. The van der Waals surface area contributed by atoms with Gasteiger partial charge in [0.25, 0.3) is 0 Å². The van der Waals surface area contributed by atoms with Crippen LogP contribution in [0.1, 0.15) is 6.42 Å². The van der Waals surface area contributed by atoms with Gasteiger partial charge in [0.15, 0.2) is 0 Å². The molecular formula is C7H11NO2. The van der Waals surface area contributed by atoms with Crippen LogP contribution < -0.4 is 5.32 Å². The average Bonchev–Trinajstić information content (AvgIpc) is 2.03. The normalized spacial score (nSPS) is 23.4. The standard InChI is InChI=1S/C7H11NO2/c9-6-8-5-7-1-3-10-4-2-7/h1,3,6-7H,2,4-5H2,(H,8,9). The lowest BCUT2D eigenvalue weighted by Crippen LogP contribution is -2.22. The first-order valence-electron chi connectivity index (χ1n) is 3.39. The van der Waals surface area contributed by atoms with E-state index in [0.717, 1.165) is 26.0 Å². The van der Waals surface area contributed by atoms with Gasteiger partial charge in [0.1, 0.15) is 0 Å². The van der Waals surface area contributed by atoms with E-state index in [1.165, 1.54) is 0 Å². The number of amides is 1. The molecule has 1 amide bonds. The van der Waals surface area contributed by atoms with Crippen molar-refractivity contribution in [3.63, 3.8) is 0 Å². The molecule has 1 aliphatic heterocycles. The Morgan fingerprint density at radius 3 is 3.30 bits per heavy atom. The molecule has 0 bridgehead atoms. The number of rotatable bonds is 3. The number of hydrogen-bond acceptors (Lipinski definition) is 2. The number of nitrogens with one attached hydrogen (secondary N) is 1. The van der Waals surface area contributed by atoms with Crippen molar-refractivity contribution in [1.82, 2.24) is 5.32 Å². The third kappa shape index (κ3) is 2.09. The quantitative estimate of drug-likeness (QED) is 0.573. The van der Waals surface area contributed by atoms with Crippen LogP contribution in [0, 0.1) is 5.92 Å². The summed E-state index contributed by atoms with van der Waals surface area (Å²) in [7, 11) is 0. The lowest BCUT2D eigenvalue weighted by Gasteiger charge is -2.15. The first kappa shape index (κ1) is 7.12. The first-order valence-corrected chi connectivity index (χ1v) is 3.39. The van der Waals surface area contributed by atoms with E-state index in [4.69, 9.17) is 4.74 Å². The van der Waals surface area contributed by atoms with Gasteiger partial charge in [-0.15, -0.1) is 0 Å². The smallest absolute Gasteiger partial charge is 0.207 e. The highest BCUT2D eigenvalue weighted by Crippen LogP contribution is 2.08. The molecule has 1 unspecified atom stereocenters. The predicted molar refractivity (Wildman–Crippen MR) is 37.3 cm³/mol. The summed E-state index contributed by atoms with van der Waals surface area (Å²) in [5, 5.41) is 2.63. The van der Waals surface area contributed by atoms with Gasteiger partial charge in [-0.05, 0) is 12.5 Å². The molecule has 10 heavy (non-hydrogen) atoms. The lowest BCUT2D eigenvalue weighted by molar-refractivity contribution is -0.109. The third-order valence-corrected chi connectivity index (χ3v) is 1.52. The van der Waals surface area contributed by atoms with E-state index >= 15 is 0 Å². The molecule has 0 aromatic carbocycles. The van der Waals surface area contributed by atoms with E-state index in [1.807, 2.05) is 6.08 Å². The summed E-state index contributed by atoms with van der Waals surface area (Å²) in [6.07, 6.45) is 5.39. The molecule has 0 spiro atoms. The fourth-order valence-electron chi connectivity index (χ4n) is 0.920. The van der Waals surface area contributed by atoms with E-state index in [2.05, 4.69) is 5.32 Å². The van der Waals surface area contributed by atoms with Crippen LogP contribution in [-0.2, 0) is 9.53 Å². The van der Waals surface area contributed by atoms with Gasteiger partial charge in [-0.3, -0.25) is 4.79 Å². The van der Waals surface area contributed by atoms with Crippen molar-refractivity contribution in [1.29, 1.82) is 0 Å². The molecule has 0 aliphatic carbocycles. The monoisotopic (exact) mass is 141 g/mol. The van der Waals surface area contributed by atoms with Crippen molar-refractivity contribution >= 4 is 6.41 Å². The third-order valence-electron chi connectivity index (χ3n) is 1.52. The molecular weight excluding hydrogens is 130 g/mol. The first-order chi connectivity index (χ1) is 4.93. The van der Waals surface area contributed by atoms with Crippen LogP contribution in [0.25, 0.3) is 0 Å². The van der Waals surface area contributed by atoms with Gasteiger partial charge in [0.05, 0.1) is 12.9 Å². The van der Waals surface area contributed by atoms with Crippen LogP contribution >= 0.6 is 0 Å². The maximum absolute atomic E-state index is 9.88. The zero-order valence-electron chi connectivity index (χ0n) is 5.75. The summed E-state index contributed by atoms with van der Waals surface area (Å²) in [5.74, 6) is 0.457. The van der Waals surface area contributed by atoms with Crippen molar-refractivity contribution in [3.05, 3.63) is 12.3 Å². The molecule has 1 atom stereocenters. The molecule has 3 nitrogen and oxygen atoms in total. The van der Waals surface area contributed by atoms with Gasteiger partial charge in [-0.2, -0.15) is 0 Å². The summed E-state index contributed by atoms with van der Waals surface area (Å²) < 4.78 is 4.98. The van der Waals surface area contributed by atoms with E-state index in [9.17, 15) is 4.79 Å². The maximum Gasteiger partial charge on any atom is 0.207 e. The van der Waals surface area contributed by atoms with E-state index < -0.39 is 0 Å². The van der Waals surface area contributed by atoms with Crippen molar-refractivity contribution in [2.24, 2.45) is 5.92 Å². The highest BCUT2D eigenvalue weighted by Gasteiger charge is 2.06. The largest absolute Gasteiger partial charge is 0.501 e. The predicted octanol–water partition coefficient (Wildman–Crippen LogP) is 0.283. The second-order valence-electron chi connectivity index (χ2n) is 2.27. The molecule has 0 radical (unpaired) electrons. The molecule has 0 aromatic rings. The summed E-state index contributed by atoms with van der Waals surface area (Å²) >= 11 is 0. The second kappa shape index (κ2) is 3.93. The van der Waals surface area contributed by atoms with Gasteiger partial charge in [0.2, 0.25) is 6.41 Å². The molecule has 1 heterocycles. The fraction of sp³-hybridized carbons (Fsp3) is 0.571. The maximum atomic E-state index is 9.88. The molecule has 1 rings (SSSR count). The minimum absolute atomic E-state index is 0.457. The Morgan fingerprint density at radius 2 is 2.70 bits per heavy atom. The van der Waals surface area contributed by atoms with Gasteiger partial charge in [-0.1, -0.05) is 0 Å². The Balaban J connectivity index is 2.19. The SMILES string of the molecule is O=CNCC1C=COCC1. The summed E-state index contributed by atoms with van der Waals surface area (Å²) in [6, 6.07) is 0. The van der Waals surface area contributed by atoms with Gasteiger partial charge < -0.3 is 10.1 Å². The van der Waals surface area contributed by atoms with E-state index in [0.29, 0.717) is 5.92 Å². The Labute approximate surface area is 60.1 Å². The number of hydrogen-bond donors (Lipinski definition) is 1. The lowest BCUT2D eigenvalue weighted by atomic mass is 10.1. The Kier molecular flexibility index (Phi) is 2.80. The summed E-state index contributed by atoms with van der Waals surface area (Å²) in [4.78, 5) is 9.88. The number of carbonyl (C=O) groups is 1. The minimum atomic E-state index is 0.457. The molecule has 0 saturated heterocycles. The van der Waals surface area contributed by atoms with E-state index in [-0.39, 0.29) is 0 Å². The summed E-state index contributed by atoms with van der Waals surface area (Å²) in [5.41, 5.74) is 0. The molecule has 0 aromatic heterocycles. The molecule has 0 saturated carbocycles. The molecule has 1 N–H and O–H groups in total. The van der Waals surface area contributed by atoms with Crippen molar-refractivity contribution in [2.75, 3.05) is 13.2 Å². The van der Waals surface area contributed by atoms with Gasteiger partial charge in [0, 0.05) is 12.5 Å². The zero-order chi connectivity index (χ0) is 7.23. The highest BCUT2D eigenvalue weighted by molar-refractivity contribution is 5.45. The van der Waals surface area contributed by atoms with Crippen LogP contribution in [0.15, 0.2) is 12.3 Å². The number of ether oxygens (including phenoxy) is 1. The molecule has 1 aliphatic rings. The topological polar surface area (TPSA) is 38.3 Å². The molecule has 0 fully saturated rings. The zero-order valence-corrected chi connectivity index (χ0v) is 5.75. The highest BCUT2D eigenvalue weighted by atomic mass is 16.5. The molecule has 3 heteroatoms. The minimum Gasteiger partial charge on any atom is -0.501 e. The van der Waals surface area contributed by atoms with Crippen molar-refractivity contribution < 1.29 is 9.53 Å². The van der Waals surface area contributed by atoms with Gasteiger partial charge >= 0.3 is 0 Å². The van der Waals surface area contributed by atoms with Crippen LogP contribution in [0.5, 0.6) is 0 Å². The van der Waals surface area contributed by atoms with Crippen LogP contribution in [-0.4, -0.2) is 19.6 Å². The van der Waals surface area contributed by atoms with Crippen LogP contribution in [0.2, 0.25) is 0 Å². The molecule has 56 valence electrons. The van der Waals surface area contributed by atoms with Crippen LogP contribution in [0.4, 0.5) is 0 Å². The van der Waals surface area contributed by atoms with Crippen molar-refractivity contribution in [2.45, 2.75) is 6.42 Å². The summed E-state index contributed by atoms with van der Waals surface area (Å²) in [6.45, 7) is 1.49. The van der Waals surface area contributed by atoms with Gasteiger partial charge in [-0.25, -0.2) is 0 Å². The van der Waals surface area contributed by atoms with Crippen LogP contribution in [0.3, 0.4) is 0 Å². The Morgan fingerprint density at radius 1 is 1.80 bits per heavy atom. The Hall–Kier alpha value is -0.990. The number of carbonyl (C=O) groups excluding carboxylic acids is 1. The second-order valence-corrected chi connectivity index (χ2v) is 2.27. The van der Waals surface area contributed by atoms with Crippen molar-refractivity contribution in [3.8, 4) is 0 Å². The fourth-order valence-corrected chi connectivity index (χ4v) is 0.920.